The van der Waals surface area contributed by atoms with Gasteiger partial charge in [-0.3, -0.25) is 9.59 Å². The van der Waals surface area contributed by atoms with Crippen molar-refractivity contribution in [3.8, 4) is 5.75 Å². The lowest BCUT2D eigenvalue weighted by atomic mass is 9.86. The van der Waals surface area contributed by atoms with Crippen molar-refractivity contribution >= 4 is 17.5 Å². The molecule has 2 N–H and O–H groups in total. The Hall–Kier alpha value is -2.82. The van der Waals surface area contributed by atoms with Crippen molar-refractivity contribution in [2.45, 2.75) is 45.1 Å². The van der Waals surface area contributed by atoms with Crippen LogP contribution in [0.1, 0.15) is 38.3 Å². The van der Waals surface area contributed by atoms with E-state index in [1.54, 1.807) is 12.1 Å². The number of para-hydroxylation sites is 2. The molecule has 0 radical (unpaired) electrons. The van der Waals surface area contributed by atoms with Crippen molar-refractivity contribution in [2.75, 3.05) is 11.9 Å². The maximum atomic E-state index is 12.2. The molecular formula is C22H26N2O3. The molecular weight excluding hydrogens is 340 g/mol. The Labute approximate surface area is 160 Å². The Balaban J connectivity index is 1.50. The minimum absolute atomic E-state index is 0.00218. The average molecular weight is 366 g/mol. The maximum absolute atomic E-state index is 12.2. The van der Waals surface area contributed by atoms with E-state index in [1.165, 1.54) is 11.1 Å². The van der Waals surface area contributed by atoms with Crippen LogP contribution in [-0.2, 0) is 21.4 Å². The smallest absolute Gasteiger partial charge is 0.266 e. The molecule has 5 heteroatoms. The van der Waals surface area contributed by atoms with E-state index in [0.29, 0.717) is 18.0 Å². The first-order chi connectivity index (χ1) is 12.8. The first kappa shape index (κ1) is 19.0. The van der Waals surface area contributed by atoms with Crippen LogP contribution in [0.15, 0.2) is 48.5 Å². The van der Waals surface area contributed by atoms with Crippen LogP contribution in [0.5, 0.6) is 5.75 Å². The van der Waals surface area contributed by atoms with Gasteiger partial charge >= 0.3 is 0 Å². The van der Waals surface area contributed by atoms with Crippen LogP contribution in [0, 0.1) is 0 Å². The van der Waals surface area contributed by atoms with E-state index in [1.807, 2.05) is 12.1 Å². The number of hydrogen-bond donors (Lipinski definition) is 2. The van der Waals surface area contributed by atoms with Crippen molar-refractivity contribution in [2.24, 2.45) is 0 Å². The molecule has 1 aliphatic heterocycles. The lowest BCUT2D eigenvalue weighted by Gasteiger charge is -2.25. The Kier molecular flexibility index (Phi) is 5.49. The third-order valence-corrected chi connectivity index (χ3v) is 4.61. The molecule has 1 atom stereocenters. The Bertz CT molecular complexity index is 839. The first-order valence-electron chi connectivity index (χ1n) is 9.25. The second-order valence-corrected chi connectivity index (χ2v) is 7.85. The Morgan fingerprint density at radius 2 is 1.93 bits per heavy atom. The summed E-state index contributed by atoms with van der Waals surface area (Å²) in [5.74, 6) is 0.108. The van der Waals surface area contributed by atoms with Gasteiger partial charge in [0.1, 0.15) is 5.75 Å². The molecule has 0 aromatic heterocycles. The van der Waals surface area contributed by atoms with Crippen molar-refractivity contribution in [1.82, 2.24) is 5.32 Å². The van der Waals surface area contributed by atoms with Gasteiger partial charge in [0.05, 0.1) is 12.1 Å². The van der Waals surface area contributed by atoms with Crippen LogP contribution >= 0.6 is 0 Å². The van der Waals surface area contributed by atoms with Gasteiger partial charge in [-0.25, -0.2) is 0 Å². The summed E-state index contributed by atoms with van der Waals surface area (Å²) >= 11 is 0. The second-order valence-electron chi connectivity index (χ2n) is 7.85. The van der Waals surface area contributed by atoms with Crippen LogP contribution in [0.2, 0.25) is 0 Å². The van der Waals surface area contributed by atoms with Gasteiger partial charge in [-0.1, -0.05) is 57.2 Å². The van der Waals surface area contributed by atoms with E-state index < -0.39 is 6.10 Å². The monoisotopic (exact) mass is 366 g/mol. The summed E-state index contributed by atoms with van der Waals surface area (Å²) in [6.07, 6.45) is -0.0533. The molecule has 142 valence electrons. The lowest BCUT2D eigenvalue weighted by Crippen LogP contribution is -2.41. The Morgan fingerprint density at radius 1 is 1.15 bits per heavy atom. The highest BCUT2D eigenvalue weighted by molar-refractivity contribution is 5.99. The second kappa shape index (κ2) is 7.82. The number of carbonyl (C=O) groups excluding carboxylic acids is 2. The molecule has 3 rings (SSSR count). The molecule has 2 aromatic rings. The van der Waals surface area contributed by atoms with E-state index >= 15 is 0 Å². The molecule has 0 saturated carbocycles. The van der Waals surface area contributed by atoms with Gasteiger partial charge in [-0.15, -0.1) is 0 Å². The third kappa shape index (κ3) is 4.88. The average Bonchev–Trinajstić information content (AvgIpc) is 2.62. The van der Waals surface area contributed by atoms with E-state index in [2.05, 4.69) is 55.7 Å². The standard InChI is InChI=1S/C22H26N2O3/c1-22(2,3)16-8-6-7-15(13-16)11-12-23-20(25)14-19-21(26)24-17-9-4-5-10-18(17)27-19/h4-10,13,19H,11-12,14H2,1-3H3,(H,23,25)(H,24,26). The van der Waals surface area contributed by atoms with Gasteiger partial charge in [0.25, 0.3) is 5.91 Å². The van der Waals surface area contributed by atoms with Gasteiger partial charge in [0.2, 0.25) is 5.91 Å². The Morgan fingerprint density at radius 3 is 2.70 bits per heavy atom. The largest absolute Gasteiger partial charge is 0.478 e. The van der Waals surface area contributed by atoms with E-state index in [9.17, 15) is 9.59 Å². The number of amides is 2. The fraction of sp³-hybridized carbons (Fsp3) is 0.364. The molecule has 27 heavy (non-hydrogen) atoms. The van der Waals surface area contributed by atoms with Crippen molar-refractivity contribution in [3.63, 3.8) is 0 Å². The summed E-state index contributed by atoms with van der Waals surface area (Å²) in [6, 6.07) is 15.6. The fourth-order valence-electron chi connectivity index (χ4n) is 3.01. The molecule has 0 fully saturated rings. The van der Waals surface area contributed by atoms with Crippen LogP contribution in [0.25, 0.3) is 0 Å². The molecule has 0 spiro atoms. The molecule has 0 aliphatic carbocycles. The molecule has 1 aliphatic rings. The number of benzene rings is 2. The molecule has 2 aromatic carbocycles. The van der Waals surface area contributed by atoms with E-state index in [4.69, 9.17) is 4.74 Å². The first-order valence-corrected chi connectivity index (χ1v) is 9.25. The highest BCUT2D eigenvalue weighted by Gasteiger charge is 2.29. The molecule has 5 nitrogen and oxygen atoms in total. The molecule has 1 heterocycles. The van der Waals surface area contributed by atoms with Crippen LogP contribution in [-0.4, -0.2) is 24.5 Å². The predicted molar refractivity (Wildman–Crippen MR) is 106 cm³/mol. The predicted octanol–water partition coefficient (Wildman–Crippen LogP) is 3.43. The number of rotatable bonds is 5. The van der Waals surface area contributed by atoms with Gasteiger partial charge in [0.15, 0.2) is 6.10 Å². The molecule has 2 amide bonds. The lowest BCUT2D eigenvalue weighted by molar-refractivity contribution is -0.130. The fourth-order valence-corrected chi connectivity index (χ4v) is 3.01. The molecule has 1 unspecified atom stereocenters. The number of fused-ring (bicyclic) bond motifs is 1. The van der Waals surface area contributed by atoms with E-state index in [-0.39, 0.29) is 23.7 Å². The van der Waals surface area contributed by atoms with Crippen LogP contribution < -0.4 is 15.4 Å². The van der Waals surface area contributed by atoms with Crippen molar-refractivity contribution < 1.29 is 14.3 Å². The minimum Gasteiger partial charge on any atom is -0.478 e. The van der Waals surface area contributed by atoms with Gasteiger partial charge in [-0.05, 0) is 35.1 Å². The summed E-state index contributed by atoms with van der Waals surface area (Å²) < 4.78 is 5.66. The van der Waals surface area contributed by atoms with Crippen molar-refractivity contribution in [1.29, 1.82) is 0 Å². The van der Waals surface area contributed by atoms with Gasteiger partial charge in [0, 0.05) is 6.54 Å². The SMILES string of the molecule is CC(C)(C)c1cccc(CCNC(=O)CC2Oc3ccccc3NC2=O)c1. The zero-order valence-corrected chi connectivity index (χ0v) is 16.0. The highest BCUT2D eigenvalue weighted by atomic mass is 16.5. The summed E-state index contributed by atoms with van der Waals surface area (Å²) in [7, 11) is 0. The molecule has 0 bridgehead atoms. The maximum Gasteiger partial charge on any atom is 0.266 e. The van der Waals surface area contributed by atoms with Crippen LogP contribution in [0.3, 0.4) is 0 Å². The van der Waals surface area contributed by atoms with Crippen LogP contribution in [0.4, 0.5) is 5.69 Å². The quantitative estimate of drug-likeness (QED) is 0.852. The van der Waals surface area contributed by atoms with Gasteiger partial charge in [-0.2, -0.15) is 0 Å². The minimum atomic E-state index is -0.802. The summed E-state index contributed by atoms with van der Waals surface area (Å²) in [5, 5.41) is 5.66. The zero-order chi connectivity index (χ0) is 19.4. The highest BCUT2D eigenvalue weighted by Crippen LogP contribution is 2.29. The normalized spacial score (nSPS) is 16.1. The third-order valence-electron chi connectivity index (χ3n) is 4.61. The van der Waals surface area contributed by atoms with Crippen molar-refractivity contribution in [3.05, 3.63) is 59.7 Å². The summed E-state index contributed by atoms with van der Waals surface area (Å²) in [5.41, 5.74) is 3.19. The van der Waals surface area contributed by atoms with E-state index in [0.717, 1.165) is 6.42 Å². The number of hydrogen-bond acceptors (Lipinski definition) is 3. The zero-order valence-electron chi connectivity index (χ0n) is 16.0. The summed E-state index contributed by atoms with van der Waals surface area (Å²) in [4.78, 5) is 24.3. The number of anilines is 1. The number of nitrogens with one attached hydrogen (secondary N) is 2. The summed E-state index contributed by atoms with van der Waals surface area (Å²) in [6.45, 7) is 7.07. The number of carbonyl (C=O) groups is 2. The van der Waals surface area contributed by atoms with Gasteiger partial charge < -0.3 is 15.4 Å². The molecule has 0 saturated heterocycles. The number of ether oxygens (including phenoxy) is 1. The topological polar surface area (TPSA) is 67.4 Å².